The molecule has 0 saturated carbocycles. The highest BCUT2D eigenvalue weighted by Gasteiger charge is 2.07. The van der Waals surface area contributed by atoms with Gasteiger partial charge in [0.15, 0.2) is 0 Å². The van der Waals surface area contributed by atoms with Crippen LogP contribution in [0, 0.1) is 11.8 Å². The van der Waals surface area contributed by atoms with Gasteiger partial charge in [0.25, 0.3) is 0 Å². The first-order valence-electron chi connectivity index (χ1n) is 4.65. The molecule has 0 N–H and O–H groups in total. The van der Waals surface area contributed by atoms with Crippen molar-refractivity contribution in [1.82, 2.24) is 0 Å². The van der Waals surface area contributed by atoms with Crippen LogP contribution in [0.1, 0.15) is 27.7 Å². The molecule has 0 unspecified atom stereocenters. The molecular weight excluding hydrogens is 188 g/mol. The van der Waals surface area contributed by atoms with E-state index in [9.17, 15) is 4.79 Å². The lowest BCUT2D eigenvalue weighted by Gasteiger charge is -2.06. The highest BCUT2D eigenvalue weighted by molar-refractivity contribution is 5.58. The lowest BCUT2D eigenvalue weighted by molar-refractivity contribution is -0.324. The predicted octanol–water partition coefficient (Wildman–Crippen LogP) is 2.31. The van der Waals surface area contributed by atoms with Crippen molar-refractivity contribution in [2.75, 3.05) is 13.2 Å². The quantitative estimate of drug-likeness (QED) is 0.493. The summed E-state index contributed by atoms with van der Waals surface area (Å²) in [4.78, 5) is 28.3. The molecule has 14 heavy (non-hydrogen) atoms. The van der Waals surface area contributed by atoms with E-state index in [1.54, 1.807) is 0 Å². The standard InChI is InChI=1S/C9H18O5/c1-7(2)5-11-13-9(10)14-12-6-8(3)4/h7-8H,5-6H2,1-4H3. The van der Waals surface area contributed by atoms with E-state index in [0.29, 0.717) is 25.0 Å². The summed E-state index contributed by atoms with van der Waals surface area (Å²) in [6.45, 7) is 8.40. The van der Waals surface area contributed by atoms with Crippen LogP contribution in [0.25, 0.3) is 0 Å². The van der Waals surface area contributed by atoms with Gasteiger partial charge in [-0.2, -0.15) is 14.6 Å². The Labute approximate surface area is 84.1 Å². The lowest BCUT2D eigenvalue weighted by atomic mass is 10.2. The van der Waals surface area contributed by atoms with E-state index in [2.05, 4.69) is 19.6 Å². The molecule has 0 aliphatic rings. The third-order valence-corrected chi connectivity index (χ3v) is 1.06. The second-order valence-corrected chi connectivity index (χ2v) is 3.77. The highest BCUT2D eigenvalue weighted by atomic mass is 17.3. The molecule has 0 heterocycles. The Morgan fingerprint density at radius 2 is 1.29 bits per heavy atom. The van der Waals surface area contributed by atoms with Crippen LogP contribution in [-0.2, 0) is 19.6 Å². The molecule has 0 spiro atoms. The van der Waals surface area contributed by atoms with Gasteiger partial charge in [0.2, 0.25) is 0 Å². The second-order valence-electron chi connectivity index (χ2n) is 3.77. The van der Waals surface area contributed by atoms with Crippen molar-refractivity contribution in [2.24, 2.45) is 11.8 Å². The fourth-order valence-corrected chi connectivity index (χ4v) is 0.450. The molecule has 0 aliphatic carbocycles. The SMILES string of the molecule is CC(C)COOC(=O)OOCC(C)C. The average Bonchev–Trinajstić information content (AvgIpc) is 2.02. The number of carbonyl (C=O) groups excluding carboxylic acids is 1. The summed E-state index contributed by atoms with van der Waals surface area (Å²) in [6.07, 6.45) is -0.980. The molecule has 0 bridgehead atoms. The van der Waals surface area contributed by atoms with Crippen LogP contribution in [-0.4, -0.2) is 19.4 Å². The first-order chi connectivity index (χ1) is 6.52. The van der Waals surface area contributed by atoms with E-state index in [1.807, 2.05) is 27.7 Å². The lowest BCUT2D eigenvalue weighted by Crippen LogP contribution is -2.13. The van der Waals surface area contributed by atoms with Gasteiger partial charge in [0, 0.05) is 0 Å². The van der Waals surface area contributed by atoms with Crippen molar-refractivity contribution in [1.29, 1.82) is 0 Å². The van der Waals surface area contributed by atoms with Crippen LogP contribution in [0.2, 0.25) is 0 Å². The van der Waals surface area contributed by atoms with E-state index in [-0.39, 0.29) is 0 Å². The molecule has 5 nitrogen and oxygen atoms in total. The normalized spacial score (nSPS) is 10.7. The van der Waals surface area contributed by atoms with Crippen LogP contribution in [0.5, 0.6) is 0 Å². The average molecular weight is 206 g/mol. The third-order valence-electron chi connectivity index (χ3n) is 1.06. The zero-order valence-corrected chi connectivity index (χ0v) is 9.11. The van der Waals surface area contributed by atoms with Crippen LogP contribution in [0.4, 0.5) is 4.79 Å². The monoisotopic (exact) mass is 206 g/mol. The van der Waals surface area contributed by atoms with Crippen LogP contribution >= 0.6 is 0 Å². The molecule has 0 aliphatic heterocycles. The minimum Gasteiger partial charge on any atom is -0.257 e. The molecule has 0 aromatic rings. The first kappa shape index (κ1) is 13.2. The predicted molar refractivity (Wildman–Crippen MR) is 49.1 cm³/mol. The summed E-state index contributed by atoms with van der Waals surface area (Å²) in [5.74, 6) is 0.582. The van der Waals surface area contributed by atoms with E-state index >= 15 is 0 Å². The molecule has 0 rings (SSSR count). The van der Waals surface area contributed by atoms with E-state index in [4.69, 9.17) is 0 Å². The summed E-state index contributed by atoms with van der Waals surface area (Å²) >= 11 is 0. The van der Waals surface area contributed by atoms with Gasteiger partial charge >= 0.3 is 6.16 Å². The Bertz CT molecular complexity index is 139. The minimum atomic E-state index is -0.980. The van der Waals surface area contributed by atoms with Crippen molar-refractivity contribution in [3.63, 3.8) is 0 Å². The van der Waals surface area contributed by atoms with Gasteiger partial charge < -0.3 is 0 Å². The Kier molecular flexibility index (Phi) is 7.14. The van der Waals surface area contributed by atoms with Crippen molar-refractivity contribution in [3.05, 3.63) is 0 Å². The summed E-state index contributed by atoms with van der Waals surface area (Å²) < 4.78 is 0. The largest absolute Gasteiger partial charge is 0.573 e. The van der Waals surface area contributed by atoms with Crippen LogP contribution in [0.15, 0.2) is 0 Å². The molecule has 0 saturated heterocycles. The maximum atomic E-state index is 10.7. The van der Waals surface area contributed by atoms with Crippen LogP contribution < -0.4 is 0 Å². The van der Waals surface area contributed by atoms with Crippen LogP contribution in [0.3, 0.4) is 0 Å². The molecular formula is C9H18O5. The Balaban J connectivity index is 3.28. The maximum absolute atomic E-state index is 10.7. The second kappa shape index (κ2) is 7.58. The topological polar surface area (TPSA) is 54.0 Å². The smallest absolute Gasteiger partial charge is 0.257 e. The zero-order valence-electron chi connectivity index (χ0n) is 9.11. The number of hydrogen-bond donors (Lipinski definition) is 0. The van der Waals surface area contributed by atoms with Gasteiger partial charge in [0.05, 0.1) is 13.2 Å². The molecule has 0 fully saturated rings. The zero-order chi connectivity index (χ0) is 11.0. The fraction of sp³-hybridized carbons (Fsp3) is 0.889. The fourth-order valence-electron chi connectivity index (χ4n) is 0.450. The Morgan fingerprint density at radius 3 is 1.57 bits per heavy atom. The number of hydrogen-bond acceptors (Lipinski definition) is 5. The molecule has 0 aromatic heterocycles. The maximum Gasteiger partial charge on any atom is 0.573 e. The van der Waals surface area contributed by atoms with Crippen molar-refractivity contribution < 1.29 is 24.3 Å². The first-order valence-corrected chi connectivity index (χ1v) is 4.65. The number of carbonyl (C=O) groups is 1. The molecule has 0 aromatic carbocycles. The van der Waals surface area contributed by atoms with E-state index in [1.165, 1.54) is 0 Å². The summed E-state index contributed by atoms with van der Waals surface area (Å²) in [5.41, 5.74) is 0. The number of rotatable bonds is 6. The Hall–Kier alpha value is -0.810. The highest BCUT2D eigenvalue weighted by Crippen LogP contribution is 1.97. The summed E-state index contributed by atoms with van der Waals surface area (Å²) in [6, 6.07) is 0. The molecule has 0 amide bonds. The van der Waals surface area contributed by atoms with Gasteiger partial charge in [-0.25, -0.2) is 0 Å². The molecule has 84 valence electrons. The van der Waals surface area contributed by atoms with Gasteiger partial charge in [0.1, 0.15) is 0 Å². The molecule has 5 heteroatoms. The summed E-state index contributed by atoms with van der Waals surface area (Å²) in [5, 5.41) is 0. The van der Waals surface area contributed by atoms with Gasteiger partial charge in [-0.1, -0.05) is 27.7 Å². The van der Waals surface area contributed by atoms with Gasteiger partial charge in [-0.05, 0) is 11.8 Å². The van der Waals surface area contributed by atoms with Crippen molar-refractivity contribution >= 4 is 6.16 Å². The van der Waals surface area contributed by atoms with E-state index < -0.39 is 6.16 Å². The van der Waals surface area contributed by atoms with E-state index in [0.717, 1.165) is 0 Å². The molecule has 0 radical (unpaired) electrons. The van der Waals surface area contributed by atoms with Crippen molar-refractivity contribution in [2.45, 2.75) is 27.7 Å². The van der Waals surface area contributed by atoms with Gasteiger partial charge in [-0.15, -0.1) is 0 Å². The molecule has 0 atom stereocenters. The van der Waals surface area contributed by atoms with Crippen molar-refractivity contribution in [3.8, 4) is 0 Å². The summed E-state index contributed by atoms with van der Waals surface area (Å²) in [7, 11) is 0. The van der Waals surface area contributed by atoms with Gasteiger partial charge in [-0.3, -0.25) is 9.78 Å². The third kappa shape index (κ3) is 9.28. The minimum absolute atomic E-state index is 0.291. The Morgan fingerprint density at radius 1 is 0.929 bits per heavy atom.